The zero-order valence-electron chi connectivity index (χ0n) is 12.0. The molecule has 5 nitrogen and oxygen atoms in total. The molecular formula is C16H12Cl2N2O3. The van der Waals surface area contributed by atoms with Crippen molar-refractivity contribution in [3.63, 3.8) is 0 Å². The van der Waals surface area contributed by atoms with Crippen LogP contribution in [-0.4, -0.2) is 27.1 Å². The predicted octanol–water partition coefficient (Wildman–Crippen LogP) is 4.39. The van der Waals surface area contributed by atoms with Crippen LogP contribution in [0.4, 0.5) is 0 Å². The summed E-state index contributed by atoms with van der Waals surface area (Å²) in [6.45, 7) is 1.40. The van der Waals surface area contributed by atoms with Crippen molar-refractivity contribution in [2.45, 2.75) is 13.0 Å². The molecule has 0 aliphatic heterocycles. The lowest BCUT2D eigenvalue weighted by Gasteiger charge is -2.14. The molecular weight excluding hydrogens is 339 g/mol. The van der Waals surface area contributed by atoms with E-state index in [9.17, 15) is 4.79 Å². The Labute approximate surface area is 141 Å². The lowest BCUT2D eigenvalue weighted by molar-refractivity contribution is -0.144. The van der Waals surface area contributed by atoms with Crippen LogP contribution in [0.15, 0.2) is 36.4 Å². The molecule has 1 heterocycles. The van der Waals surface area contributed by atoms with Gasteiger partial charge in [-0.3, -0.25) is 0 Å². The standard InChI is InChI=1S/C16H12Cl2N2O3/c1-8(16(21)22)23-14-10(17)6-9(7-11(14)18)15-19-12-4-2-3-5-13(12)20-15/h2-8H,1H3,(H,19,20)(H,21,22). The fourth-order valence-corrected chi connectivity index (χ4v) is 2.70. The van der Waals surface area contributed by atoms with Gasteiger partial charge in [0.1, 0.15) is 5.82 Å². The summed E-state index contributed by atoms with van der Waals surface area (Å²) < 4.78 is 5.29. The molecule has 0 radical (unpaired) electrons. The molecule has 2 aromatic carbocycles. The third-order valence-electron chi connectivity index (χ3n) is 3.30. The first kappa shape index (κ1) is 15.6. The van der Waals surface area contributed by atoms with Crippen LogP contribution in [0.25, 0.3) is 22.4 Å². The zero-order chi connectivity index (χ0) is 16.6. The van der Waals surface area contributed by atoms with Gasteiger partial charge in [-0.2, -0.15) is 0 Å². The van der Waals surface area contributed by atoms with Crippen molar-refractivity contribution in [3.05, 3.63) is 46.4 Å². The SMILES string of the molecule is CC(Oc1c(Cl)cc(-c2nc3ccccc3[nH]2)cc1Cl)C(=O)O. The summed E-state index contributed by atoms with van der Waals surface area (Å²) in [5.41, 5.74) is 2.41. The number of nitrogens with zero attached hydrogens (tertiary/aromatic N) is 1. The molecule has 0 spiro atoms. The Kier molecular flexibility index (Phi) is 4.15. The number of hydrogen-bond donors (Lipinski definition) is 2. The molecule has 0 aliphatic carbocycles. The Morgan fingerprint density at radius 2 is 1.91 bits per heavy atom. The van der Waals surface area contributed by atoms with Gasteiger partial charge in [-0.15, -0.1) is 0 Å². The summed E-state index contributed by atoms with van der Waals surface area (Å²) >= 11 is 12.4. The van der Waals surface area contributed by atoms with Gasteiger partial charge in [0.05, 0.1) is 21.1 Å². The van der Waals surface area contributed by atoms with Crippen molar-refractivity contribution in [1.29, 1.82) is 0 Å². The largest absolute Gasteiger partial charge is 0.479 e. The number of ether oxygens (including phenoxy) is 1. The molecule has 1 atom stereocenters. The molecule has 3 rings (SSSR count). The van der Waals surface area contributed by atoms with Crippen molar-refractivity contribution in [2.75, 3.05) is 0 Å². The highest BCUT2D eigenvalue weighted by atomic mass is 35.5. The van der Waals surface area contributed by atoms with Crippen LogP contribution in [0.5, 0.6) is 5.75 Å². The maximum Gasteiger partial charge on any atom is 0.344 e. The second-order valence-electron chi connectivity index (χ2n) is 4.97. The van der Waals surface area contributed by atoms with E-state index in [2.05, 4.69) is 9.97 Å². The van der Waals surface area contributed by atoms with Gasteiger partial charge in [0.2, 0.25) is 0 Å². The Balaban J connectivity index is 2.00. The van der Waals surface area contributed by atoms with E-state index in [0.717, 1.165) is 11.0 Å². The van der Waals surface area contributed by atoms with Gasteiger partial charge in [-0.05, 0) is 31.2 Å². The number of carbonyl (C=O) groups is 1. The fourth-order valence-electron chi connectivity index (χ4n) is 2.13. The molecule has 1 aromatic heterocycles. The first-order chi connectivity index (χ1) is 11.0. The van der Waals surface area contributed by atoms with E-state index in [1.54, 1.807) is 12.1 Å². The van der Waals surface area contributed by atoms with E-state index < -0.39 is 12.1 Å². The molecule has 3 aromatic rings. The Morgan fingerprint density at radius 1 is 1.26 bits per heavy atom. The van der Waals surface area contributed by atoms with E-state index in [1.165, 1.54) is 6.92 Å². The lowest BCUT2D eigenvalue weighted by Crippen LogP contribution is -2.23. The molecule has 0 aliphatic rings. The van der Waals surface area contributed by atoms with Gasteiger partial charge in [0, 0.05) is 5.56 Å². The monoisotopic (exact) mass is 350 g/mol. The van der Waals surface area contributed by atoms with Crippen molar-refractivity contribution < 1.29 is 14.6 Å². The highest BCUT2D eigenvalue weighted by Gasteiger charge is 2.18. The van der Waals surface area contributed by atoms with Gasteiger partial charge < -0.3 is 14.8 Å². The summed E-state index contributed by atoms with van der Waals surface area (Å²) in [6, 6.07) is 10.9. The first-order valence-corrected chi connectivity index (χ1v) is 7.55. The number of rotatable bonds is 4. The molecule has 2 N–H and O–H groups in total. The number of imidazole rings is 1. The summed E-state index contributed by atoms with van der Waals surface area (Å²) in [5, 5.41) is 9.36. The van der Waals surface area contributed by atoms with Crippen LogP contribution in [0.2, 0.25) is 10.0 Å². The van der Waals surface area contributed by atoms with Crippen LogP contribution in [0.1, 0.15) is 6.92 Å². The fraction of sp³-hybridized carbons (Fsp3) is 0.125. The minimum atomic E-state index is -1.10. The van der Waals surface area contributed by atoms with Crippen molar-refractivity contribution >= 4 is 40.2 Å². The number of H-pyrrole nitrogens is 1. The predicted molar refractivity (Wildman–Crippen MR) is 89.3 cm³/mol. The highest BCUT2D eigenvalue weighted by Crippen LogP contribution is 2.37. The number of nitrogens with one attached hydrogen (secondary N) is 1. The summed E-state index contributed by atoms with van der Waals surface area (Å²) in [6.07, 6.45) is -1.05. The number of aromatic nitrogens is 2. The molecule has 0 bridgehead atoms. The highest BCUT2D eigenvalue weighted by molar-refractivity contribution is 6.37. The van der Waals surface area contributed by atoms with E-state index in [0.29, 0.717) is 11.4 Å². The summed E-state index contributed by atoms with van der Waals surface area (Å²) in [5.74, 6) is -0.338. The minimum absolute atomic E-state index is 0.142. The molecule has 0 amide bonds. The molecule has 0 saturated carbocycles. The van der Waals surface area contributed by atoms with E-state index in [4.69, 9.17) is 33.0 Å². The second-order valence-corrected chi connectivity index (χ2v) is 5.78. The Morgan fingerprint density at radius 3 is 2.52 bits per heavy atom. The lowest BCUT2D eigenvalue weighted by atomic mass is 10.2. The van der Waals surface area contributed by atoms with E-state index in [-0.39, 0.29) is 15.8 Å². The van der Waals surface area contributed by atoms with Gasteiger partial charge >= 0.3 is 5.97 Å². The molecule has 23 heavy (non-hydrogen) atoms. The molecule has 0 saturated heterocycles. The molecule has 0 fully saturated rings. The smallest absolute Gasteiger partial charge is 0.344 e. The Bertz CT molecular complexity index is 836. The number of hydrogen-bond acceptors (Lipinski definition) is 3. The molecule has 7 heteroatoms. The number of para-hydroxylation sites is 2. The van der Waals surface area contributed by atoms with E-state index >= 15 is 0 Å². The van der Waals surface area contributed by atoms with Gasteiger partial charge in [-0.1, -0.05) is 35.3 Å². The van der Waals surface area contributed by atoms with Crippen molar-refractivity contribution in [3.8, 4) is 17.1 Å². The number of aromatic amines is 1. The quantitative estimate of drug-likeness (QED) is 0.731. The Hall–Kier alpha value is -2.24. The van der Waals surface area contributed by atoms with E-state index in [1.807, 2.05) is 24.3 Å². The number of aliphatic carboxylic acids is 1. The minimum Gasteiger partial charge on any atom is -0.479 e. The van der Waals surface area contributed by atoms with Crippen molar-refractivity contribution in [1.82, 2.24) is 9.97 Å². The van der Waals surface area contributed by atoms with Gasteiger partial charge in [0.25, 0.3) is 0 Å². The average Bonchev–Trinajstić information content (AvgIpc) is 2.94. The number of halogens is 2. The van der Waals surface area contributed by atoms with Crippen LogP contribution in [-0.2, 0) is 4.79 Å². The number of benzene rings is 2. The third-order valence-corrected chi connectivity index (χ3v) is 3.86. The van der Waals surface area contributed by atoms with Crippen LogP contribution in [0, 0.1) is 0 Å². The van der Waals surface area contributed by atoms with Crippen LogP contribution < -0.4 is 4.74 Å². The van der Waals surface area contributed by atoms with Crippen LogP contribution >= 0.6 is 23.2 Å². The summed E-state index contributed by atoms with van der Waals surface area (Å²) in [4.78, 5) is 18.5. The topological polar surface area (TPSA) is 75.2 Å². The van der Waals surface area contributed by atoms with Gasteiger partial charge in [-0.25, -0.2) is 9.78 Å². The van der Waals surface area contributed by atoms with Crippen LogP contribution in [0.3, 0.4) is 0 Å². The second kappa shape index (κ2) is 6.10. The van der Waals surface area contributed by atoms with Gasteiger partial charge in [0.15, 0.2) is 11.9 Å². The van der Waals surface area contributed by atoms with Crippen molar-refractivity contribution in [2.24, 2.45) is 0 Å². The maximum absolute atomic E-state index is 10.9. The zero-order valence-corrected chi connectivity index (χ0v) is 13.5. The normalized spacial score (nSPS) is 12.3. The average molecular weight is 351 g/mol. The number of carboxylic acid groups (broad SMARTS) is 1. The third kappa shape index (κ3) is 3.11. The maximum atomic E-state index is 10.9. The summed E-state index contributed by atoms with van der Waals surface area (Å²) in [7, 11) is 0. The first-order valence-electron chi connectivity index (χ1n) is 6.79. The molecule has 118 valence electrons. The number of carboxylic acids is 1. The molecule has 1 unspecified atom stereocenters. The number of fused-ring (bicyclic) bond motifs is 1.